The van der Waals surface area contributed by atoms with Crippen LogP contribution in [0.1, 0.15) is 64.9 Å². The lowest BCUT2D eigenvalue weighted by Gasteiger charge is -2.19. The number of amides is 2. The molecule has 1 saturated carbocycles. The van der Waals surface area contributed by atoms with Gasteiger partial charge < -0.3 is 20.5 Å². The molecule has 2 aromatic carbocycles. The number of aliphatic hydroxyl groups excluding tert-OH is 1. The van der Waals surface area contributed by atoms with Crippen LogP contribution in [0, 0.1) is 0 Å². The number of carbonyl (C=O) groups is 2. The van der Waals surface area contributed by atoms with E-state index in [9.17, 15) is 14.7 Å². The van der Waals surface area contributed by atoms with Crippen LogP contribution in [0.25, 0.3) is 11.1 Å². The molecule has 0 spiro atoms. The number of H-pyrrole nitrogens is 1. The topological polar surface area (TPSA) is 116 Å². The zero-order valence-corrected chi connectivity index (χ0v) is 19.2. The van der Waals surface area contributed by atoms with Crippen LogP contribution < -0.4 is 15.4 Å². The van der Waals surface area contributed by atoms with Gasteiger partial charge in [0.25, 0.3) is 11.8 Å². The molecule has 34 heavy (non-hydrogen) atoms. The Hall–Kier alpha value is -3.65. The van der Waals surface area contributed by atoms with E-state index in [1.165, 1.54) is 0 Å². The van der Waals surface area contributed by atoms with Crippen LogP contribution in [0.4, 0.5) is 0 Å². The molecule has 3 aromatic rings. The summed E-state index contributed by atoms with van der Waals surface area (Å²) in [5.41, 5.74) is 3.28. The number of aliphatic hydroxyl groups is 1. The lowest BCUT2D eigenvalue weighted by Crippen LogP contribution is -2.33. The first-order chi connectivity index (χ1) is 16.6. The van der Waals surface area contributed by atoms with Gasteiger partial charge in [-0.05, 0) is 55.2 Å². The van der Waals surface area contributed by atoms with Crippen molar-refractivity contribution in [3.8, 4) is 16.9 Å². The van der Waals surface area contributed by atoms with Gasteiger partial charge in [0.05, 0.1) is 31.0 Å². The average Bonchev–Trinajstić information content (AvgIpc) is 3.57. The number of benzene rings is 2. The van der Waals surface area contributed by atoms with Gasteiger partial charge in [-0.1, -0.05) is 31.0 Å². The third-order valence-electron chi connectivity index (χ3n) is 6.09. The van der Waals surface area contributed by atoms with Crippen LogP contribution in [-0.4, -0.2) is 46.4 Å². The van der Waals surface area contributed by atoms with E-state index >= 15 is 0 Å². The van der Waals surface area contributed by atoms with E-state index in [0.29, 0.717) is 29.0 Å². The first-order valence-electron chi connectivity index (χ1n) is 11.7. The smallest absolute Gasteiger partial charge is 0.255 e. The summed E-state index contributed by atoms with van der Waals surface area (Å²) in [6.07, 6.45) is 7.74. The number of hydrogen-bond donors (Lipinski definition) is 4. The van der Waals surface area contributed by atoms with E-state index in [1.807, 2.05) is 13.0 Å². The molecule has 0 bridgehead atoms. The van der Waals surface area contributed by atoms with Gasteiger partial charge in [0.1, 0.15) is 5.75 Å². The van der Waals surface area contributed by atoms with Crippen LogP contribution >= 0.6 is 0 Å². The third kappa shape index (κ3) is 5.46. The number of nitrogens with one attached hydrogen (secondary N) is 3. The molecule has 0 unspecified atom stereocenters. The van der Waals surface area contributed by atoms with Crippen molar-refractivity contribution in [3.05, 3.63) is 71.5 Å². The second-order valence-electron chi connectivity index (χ2n) is 8.42. The molecule has 1 fully saturated rings. The number of rotatable bonds is 9. The molecule has 1 aliphatic rings. The maximum absolute atomic E-state index is 13.1. The Kier molecular flexibility index (Phi) is 7.59. The van der Waals surface area contributed by atoms with Gasteiger partial charge in [0.15, 0.2) is 0 Å². The highest BCUT2D eigenvalue weighted by Crippen LogP contribution is 2.28. The molecule has 1 heterocycles. The van der Waals surface area contributed by atoms with E-state index in [2.05, 4.69) is 20.8 Å². The molecule has 1 aliphatic carbocycles. The van der Waals surface area contributed by atoms with Crippen molar-refractivity contribution >= 4 is 11.8 Å². The van der Waals surface area contributed by atoms with Gasteiger partial charge >= 0.3 is 0 Å². The predicted octanol–water partition coefficient (Wildman–Crippen LogP) is 3.61. The molecule has 4 N–H and O–H groups in total. The maximum Gasteiger partial charge on any atom is 0.255 e. The first kappa shape index (κ1) is 23.5. The SMILES string of the molecule is CCOc1cc(-c2cn[nH]c2)ccc1C(=O)N[C@H](CO)c1cccc(C(=O)NC2CCCC2)c1. The minimum Gasteiger partial charge on any atom is -0.493 e. The molecule has 0 radical (unpaired) electrons. The van der Waals surface area contributed by atoms with E-state index in [0.717, 1.165) is 36.8 Å². The summed E-state index contributed by atoms with van der Waals surface area (Å²) in [5.74, 6) is -0.0626. The highest BCUT2D eigenvalue weighted by Gasteiger charge is 2.21. The number of hydrogen-bond acceptors (Lipinski definition) is 5. The van der Waals surface area contributed by atoms with Crippen LogP contribution in [0.5, 0.6) is 5.75 Å². The Morgan fingerprint density at radius 2 is 1.97 bits per heavy atom. The molecular weight excluding hydrogens is 432 g/mol. The number of aromatic amines is 1. The van der Waals surface area contributed by atoms with Gasteiger partial charge in [0, 0.05) is 23.4 Å². The Balaban J connectivity index is 1.51. The number of aromatic nitrogens is 2. The Morgan fingerprint density at radius 3 is 2.68 bits per heavy atom. The van der Waals surface area contributed by atoms with Gasteiger partial charge in [-0.2, -0.15) is 5.10 Å². The van der Waals surface area contributed by atoms with Crippen LogP contribution in [0.3, 0.4) is 0 Å². The van der Waals surface area contributed by atoms with Crippen LogP contribution in [0.15, 0.2) is 54.9 Å². The van der Waals surface area contributed by atoms with E-state index < -0.39 is 6.04 Å². The molecule has 1 aromatic heterocycles. The second kappa shape index (κ2) is 11.0. The summed E-state index contributed by atoms with van der Waals surface area (Å²) < 4.78 is 5.72. The molecule has 8 heteroatoms. The number of carbonyl (C=O) groups excluding carboxylic acids is 2. The summed E-state index contributed by atoms with van der Waals surface area (Å²) in [6, 6.07) is 11.9. The molecule has 0 aliphatic heterocycles. The second-order valence-corrected chi connectivity index (χ2v) is 8.42. The van der Waals surface area contributed by atoms with Crippen molar-refractivity contribution < 1.29 is 19.4 Å². The normalized spacial score (nSPS) is 14.5. The first-order valence-corrected chi connectivity index (χ1v) is 11.7. The molecule has 4 rings (SSSR count). The summed E-state index contributed by atoms with van der Waals surface area (Å²) in [5, 5.41) is 22.7. The van der Waals surface area contributed by atoms with Crippen LogP contribution in [0.2, 0.25) is 0 Å². The van der Waals surface area contributed by atoms with Gasteiger partial charge in [-0.3, -0.25) is 14.7 Å². The Bertz CT molecular complexity index is 1120. The maximum atomic E-state index is 13.1. The zero-order valence-electron chi connectivity index (χ0n) is 19.2. The summed E-state index contributed by atoms with van der Waals surface area (Å²) in [6.45, 7) is 1.94. The molecular formula is C26H30N4O4. The standard InChI is InChI=1S/C26H30N4O4/c1-2-34-24-13-17(20-14-27-28-15-20)10-11-22(24)26(33)30-23(16-31)18-6-5-7-19(12-18)25(32)29-21-8-3-4-9-21/h5-7,10-15,21,23,31H,2-4,8-9,16H2,1H3,(H,27,28)(H,29,32)(H,30,33)/t23-/m1/s1. The fraction of sp³-hybridized carbons (Fsp3) is 0.346. The summed E-state index contributed by atoms with van der Waals surface area (Å²) in [7, 11) is 0. The third-order valence-corrected chi connectivity index (χ3v) is 6.09. The Labute approximate surface area is 198 Å². The molecule has 1 atom stereocenters. The van der Waals surface area contributed by atoms with Crippen LogP contribution in [-0.2, 0) is 0 Å². The highest BCUT2D eigenvalue weighted by molar-refractivity contribution is 5.98. The van der Waals surface area contributed by atoms with Crippen molar-refractivity contribution in [1.29, 1.82) is 0 Å². The van der Waals surface area contributed by atoms with E-state index in [1.54, 1.807) is 48.8 Å². The molecule has 0 saturated heterocycles. The zero-order chi connectivity index (χ0) is 23.9. The van der Waals surface area contributed by atoms with Crippen molar-refractivity contribution in [2.75, 3.05) is 13.2 Å². The fourth-order valence-corrected chi connectivity index (χ4v) is 4.28. The molecule has 8 nitrogen and oxygen atoms in total. The molecule has 2 amide bonds. The molecule has 178 valence electrons. The van der Waals surface area contributed by atoms with E-state index in [-0.39, 0.29) is 24.5 Å². The lowest BCUT2D eigenvalue weighted by molar-refractivity contribution is 0.0912. The van der Waals surface area contributed by atoms with Gasteiger partial charge in [0.2, 0.25) is 0 Å². The van der Waals surface area contributed by atoms with E-state index in [4.69, 9.17) is 4.74 Å². The van der Waals surface area contributed by atoms with Crippen molar-refractivity contribution in [2.24, 2.45) is 0 Å². The summed E-state index contributed by atoms with van der Waals surface area (Å²) in [4.78, 5) is 25.8. The lowest BCUT2D eigenvalue weighted by atomic mass is 10.0. The largest absolute Gasteiger partial charge is 0.493 e. The quantitative estimate of drug-likeness (QED) is 0.388. The van der Waals surface area contributed by atoms with Gasteiger partial charge in [-0.25, -0.2) is 0 Å². The van der Waals surface area contributed by atoms with Crippen molar-refractivity contribution in [2.45, 2.75) is 44.7 Å². The summed E-state index contributed by atoms with van der Waals surface area (Å²) >= 11 is 0. The van der Waals surface area contributed by atoms with Gasteiger partial charge in [-0.15, -0.1) is 0 Å². The number of nitrogens with zero attached hydrogens (tertiary/aromatic N) is 1. The Morgan fingerprint density at radius 1 is 1.15 bits per heavy atom. The average molecular weight is 463 g/mol. The highest BCUT2D eigenvalue weighted by atomic mass is 16.5. The monoisotopic (exact) mass is 462 g/mol. The predicted molar refractivity (Wildman–Crippen MR) is 129 cm³/mol. The minimum atomic E-state index is -0.672. The fourth-order valence-electron chi connectivity index (χ4n) is 4.28. The van der Waals surface area contributed by atoms with Crippen molar-refractivity contribution in [3.63, 3.8) is 0 Å². The minimum absolute atomic E-state index is 0.134. The van der Waals surface area contributed by atoms with Crippen molar-refractivity contribution in [1.82, 2.24) is 20.8 Å². The number of ether oxygens (including phenoxy) is 1.